The van der Waals surface area contributed by atoms with Crippen LogP contribution in [0.4, 0.5) is 15.8 Å². The number of anilines is 2. The van der Waals surface area contributed by atoms with Gasteiger partial charge in [-0.3, -0.25) is 4.79 Å². The summed E-state index contributed by atoms with van der Waals surface area (Å²) < 4.78 is 13.4. The summed E-state index contributed by atoms with van der Waals surface area (Å²) in [5.74, 6) is -0.546. The normalized spacial score (nSPS) is 10.2. The molecule has 0 aliphatic heterocycles. The van der Waals surface area contributed by atoms with E-state index in [1.54, 1.807) is 36.4 Å². The smallest absolute Gasteiger partial charge is 0.251 e. The zero-order chi connectivity index (χ0) is 14.5. The standard InChI is InChI=1S/C15H16FN3O/c16-14-4-2-1-3-10(14)5-6-19-15(20)11-7-12(17)9-13(18)8-11/h1-4,7-9H,5-6,17-18H2,(H,19,20). The average molecular weight is 273 g/mol. The van der Waals surface area contributed by atoms with E-state index >= 15 is 0 Å². The molecule has 0 saturated heterocycles. The van der Waals surface area contributed by atoms with Crippen molar-refractivity contribution < 1.29 is 9.18 Å². The molecule has 2 aromatic carbocycles. The number of amides is 1. The molecule has 5 N–H and O–H groups in total. The van der Waals surface area contributed by atoms with E-state index in [4.69, 9.17) is 11.5 Å². The Morgan fingerprint density at radius 1 is 1.10 bits per heavy atom. The molecular weight excluding hydrogens is 257 g/mol. The fraction of sp³-hybridized carbons (Fsp3) is 0.133. The lowest BCUT2D eigenvalue weighted by Gasteiger charge is -2.07. The predicted octanol–water partition coefficient (Wildman–Crippen LogP) is 1.96. The highest BCUT2D eigenvalue weighted by Gasteiger charge is 2.07. The second kappa shape index (κ2) is 6.06. The van der Waals surface area contributed by atoms with Crippen LogP contribution in [0, 0.1) is 5.82 Å². The topological polar surface area (TPSA) is 81.1 Å². The fourth-order valence-corrected chi connectivity index (χ4v) is 1.92. The lowest BCUT2D eigenvalue weighted by atomic mass is 10.1. The summed E-state index contributed by atoms with van der Waals surface area (Å²) in [5, 5.41) is 2.71. The Balaban J connectivity index is 1.94. The number of carbonyl (C=O) groups is 1. The van der Waals surface area contributed by atoms with Crippen molar-refractivity contribution in [2.45, 2.75) is 6.42 Å². The molecule has 1 amide bonds. The molecule has 104 valence electrons. The Bertz CT molecular complexity index is 608. The van der Waals surface area contributed by atoms with E-state index in [1.165, 1.54) is 6.07 Å². The molecular formula is C15H16FN3O. The molecule has 0 heterocycles. The molecule has 0 aromatic heterocycles. The van der Waals surface area contributed by atoms with Crippen LogP contribution in [0.15, 0.2) is 42.5 Å². The maximum absolute atomic E-state index is 13.4. The first-order chi connectivity index (χ1) is 9.56. The molecule has 0 fully saturated rings. The first kappa shape index (κ1) is 13.9. The first-order valence-corrected chi connectivity index (χ1v) is 6.24. The van der Waals surface area contributed by atoms with Gasteiger partial charge in [-0.25, -0.2) is 4.39 Å². The summed E-state index contributed by atoms with van der Waals surface area (Å²) >= 11 is 0. The van der Waals surface area contributed by atoms with Crippen LogP contribution >= 0.6 is 0 Å². The Morgan fingerprint density at radius 3 is 2.40 bits per heavy atom. The SMILES string of the molecule is Nc1cc(N)cc(C(=O)NCCc2ccccc2F)c1. The summed E-state index contributed by atoms with van der Waals surface area (Å²) in [6.07, 6.45) is 0.427. The molecule has 0 spiro atoms. The van der Waals surface area contributed by atoms with Gasteiger partial charge in [0.2, 0.25) is 0 Å². The zero-order valence-electron chi connectivity index (χ0n) is 10.9. The Labute approximate surface area is 116 Å². The second-order valence-corrected chi connectivity index (χ2v) is 4.49. The van der Waals surface area contributed by atoms with E-state index < -0.39 is 0 Å². The summed E-state index contributed by atoms with van der Waals surface area (Å²) in [4.78, 5) is 11.9. The maximum atomic E-state index is 13.4. The molecule has 2 aromatic rings. The van der Waals surface area contributed by atoms with Crippen LogP contribution in [-0.4, -0.2) is 12.5 Å². The van der Waals surface area contributed by atoms with Gasteiger partial charge in [0, 0.05) is 23.5 Å². The molecule has 0 bridgehead atoms. The van der Waals surface area contributed by atoms with Crippen LogP contribution in [0.25, 0.3) is 0 Å². The maximum Gasteiger partial charge on any atom is 0.251 e. The van der Waals surface area contributed by atoms with Crippen molar-refractivity contribution in [1.29, 1.82) is 0 Å². The second-order valence-electron chi connectivity index (χ2n) is 4.49. The monoisotopic (exact) mass is 273 g/mol. The number of benzene rings is 2. The van der Waals surface area contributed by atoms with E-state index in [0.29, 0.717) is 35.5 Å². The van der Waals surface area contributed by atoms with Crippen molar-refractivity contribution in [3.05, 3.63) is 59.4 Å². The van der Waals surface area contributed by atoms with Gasteiger partial charge < -0.3 is 16.8 Å². The van der Waals surface area contributed by atoms with Gasteiger partial charge in [-0.1, -0.05) is 18.2 Å². The number of hydrogen-bond acceptors (Lipinski definition) is 3. The average Bonchev–Trinajstić information content (AvgIpc) is 2.39. The highest BCUT2D eigenvalue weighted by molar-refractivity contribution is 5.96. The van der Waals surface area contributed by atoms with Crippen LogP contribution in [0.3, 0.4) is 0 Å². The minimum atomic E-state index is -0.277. The molecule has 0 saturated carbocycles. The number of nitrogen functional groups attached to an aromatic ring is 2. The summed E-state index contributed by atoms with van der Waals surface area (Å²) in [6.45, 7) is 0.342. The largest absolute Gasteiger partial charge is 0.399 e. The number of halogens is 1. The third-order valence-corrected chi connectivity index (χ3v) is 2.88. The van der Waals surface area contributed by atoms with E-state index in [-0.39, 0.29) is 11.7 Å². The van der Waals surface area contributed by atoms with Crippen molar-refractivity contribution in [3.8, 4) is 0 Å². The van der Waals surface area contributed by atoms with Gasteiger partial charge in [0.15, 0.2) is 0 Å². The summed E-state index contributed by atoms with van der Waals surface area (Å²) in [5.41, 5.74) is 13.1. The quantitative estimate of drug-likeness (QED) is 0.745. The van der Waals surface area contributed by atoms with E-state index in [1.807, 2.05) is 0 Å². The van der Waals surface area contributed by atoms with Crippen molar-refractivity contribution in [2.75, 3.05) is 18.0 Å². The lowest BCUT2D eigenvalue weighted by Crippen LogP contribution is -2.26. The number of carbonyl (C=O) groups excluding carboxylic acids is 1. The van der Waals surface area contributed by atoms with Gasteiger partial charge in [0.25, 0.3) is 5.91 Å². The Morgan fingerprint density at radius 2 is 1.75 bits per heavy atom. The van der Waals surface area contributed by atoms with Gasteiger partial charge >= 0.3 is 0 Å². The molecule has 0 aliphatic carbocycles. The summed E-state index contributed by atoms with van der Waals surface area (Å²) in [7, 11) is 0. The highest BCUT2D eigenvalue weighted by Crippen LogP contribution is 2.13. The van der Waals surface area contributed by atoms with Crippen LogP contribution in [0.2, 0.25) is 0 Å². The van der Waals surface area contributed by atoms with Crippen LogP contribution in [0.1, 0.15) is 15.9 Å². The summed E-state index contributed by atoms with van der Waals surface area (Å²) in [6, 6.07) is 11.2. The van der Waals surface area contributed by atoms with Gasteiger partial charge in [0.1, 0.15) is 5.82 Å². The van der Waals surface area contributed by atoms with Crippen LogP contribution in [0.5, 0.6) is 0 Å². The predicted molar refractivity (Wildman–Crippen MR) is 77.7 cm³/mol. The molecule has 0 atom stereocenters. The minimum Gasteiger partial charge on any atom is -0.399 e. The fourth-order valence-electron chi connectivity index (χ4n) is 1.92. The Kier molecular flexibility index (Phi) is 4.20. The number of rotatable bonds is 4. The molecule has 5 heteroatoms. The highest BCUT2D eigenvalue weighted by atomic mass is 19.1. The van der Waals surface area contributed by atoms with Crippen LogP contribution in [-0.2, 0) is 6.42 Å². The molecule has 0 aliphatic rings. The molecule has 0 radical (unpaired) electrons. The first-order valence-electron chi connectivity index (χ1n) is 6.24. The number of nitrogens with two attached hydrogens (primary N) is 2. The third kappa shape index (κ3) is 3.47. The van der Waals surface area contributed by atoms with Crippen molar-refractivity contribution >= 4 is 17.3 Å². The lowest BCUT2D eigenvalue weighted by molar-refractivity contribution is 0.0954. The third-order valence-electron chi connectivity index (χ3n) is 2.88. The van der Waals surface area contributed by atoms with E-state index in [0.717, 1.165) is 0 Å². The minimum absolute atomic E-state index is 0.269. The van der Waals surface area contributed by atoms with Crippen LogP contribution < -0.4 is 16.8 Å². The van der Waals surface area contributed by atoms with E-state index in [2.05, 4.69) is 5.32 Å². The van der Waals surface area contributed by atoms with Crippen molar-refractivity contribution in [2.24, 2.45) is 0 Å². The van der Waals surface area contributed by atoms with Gasteiger partial charge in [-0.15, -0.1) is 0 Å². The van der Waals surface area contributed by atoms with Crippen molar-refractivity contribution in [3.63, 3.8) is 0 Å². The number of nitrogens with one attached hydrogen (secondary N) is 1. The molecule has 4 nitrogen and oxygen atoms in total. The molecule has 2 rings (SSSR count). The Hall–Kier alpha value is -2.56. The van der Waals surface area contributed by atoms with Gasteiger partial charge in [-0.2, -0.15) is 0 Å². The van der Waals surface area contributed by atoms with Gasteiger partial charge in [-0.05, 0) is 36.2 Å². The zero-order valence-corrected chi connectivity index (χ0v) is 10.9. The number of hydrogen-bond donors (Lipinski definition) is 3. The van der Waals surface area contributed by atoms with Crippen molar-refractivity contribution in [1.82, 2.24) is 5.32 Å². The van der Waals surface area contributed by atoms with Gasteiger partial charge in [0.05, 0.1) is 0 Å². The van der Waals surface area contributed by atoms with E-state index in [9.17, 15) is 9.18 Å². The molecule has 20 heavy (non-hydrogen) atoms. The molecule has 0 unspecified atom stereocenters.